The standard InChI is InChI=1S/C16H29NO2/c1-11(2)10-12(3)19-16(18)15-9-8-13-6-4-5-7-14(13)17-15/h11-15,17H,4-10H2,1-3H3. The van der Waals surface area contributed by atoms with Gasteiger partial charge in [-0.15, -0.1) is 0 Å². The Bertz CT molecular complexity index is 303. The maximum absolute atomic E-state index is 12.2. The Morgan fingerprint density at radius 2 is 1.89 bits per heavy atom. The van der Waals surface area contributed by atoms with E-state index in [0.717, 1.165) is 18.8 Å². The number of carbonyl (C=O) groups excluding carboxylic acids is 1. The van der Waals surface area contributed by atoms with Gasteiger partial charge in [0.15, 0.2) is 0 Å². The Morgan fingerprint density at radius 3 is 2.63 bits per heavy atom. The topological polar surface area (TPSA) is 38.3 Å². The first-order valence-electron chi connectivity index (χ1n) is 8.02. The van der Waals surface area contributed by atoms with Crippen LogP contribution in [0.25, 0.3) is 0 Å². The van der Waals surface area contributed by atoms with Gasteiger partial charge in [-0.3, -0.25) is 4.79 Å². The van der Waals surface area contributed by atoms with E-state index in [1.165, 1.54) is 32.1 Å². The van der Waals surface area contributed by atoms with E-state index in [0.29, 0.717) is 12.0 Å². The van der Waals surface area contributed by atoms with Crippen LogP contribution in [0.2, 0.25) is 0 Å². The van der Waals surface area contributed by atoms with Crippen LogP contribution in [0.3, 0.4) is 0 Å². The quantitative estimate of drug-likeness (QED) is 0.794. The molecule has 3 heteroatoms. The highest BCUT2D eigenvalue weighted by atomic mass is 16.5. The molecule has 2 aliphatic rings. The molecule has 1 aliphatic heterocycles. The number of carbonyl (C=O) groups is 1. The fourth-order valence-corrected chi connectivity index (χ4v) is 3.67. The third-order valence-electron chi connectivity index (χ3n) is 4.56. The molecule has 3 nitrogen and oxygen atoms in total. The lowest BCUT2D eigenvalue weighted by molar-refractivity contribution is -0.153. The lowest BCUT2D eigenvalue weighted by Gasteiger charge is -2.39. The van der Waals surface area contributed by atoms with E-state index in [1.54, 1.807) is 0 Å². The smallest absolute Gasteiger partial charge is 0.323 e. The summed E-state index contributed by atoms with van der Waals surface area (Å²) in [6, 6.07) is 0.495. The normalized spacial score (nSPS) is 32.7. The molecule has 19 heavy (non-hydrogen) atoms. The monoisotopic (exact) mass is 267 g/mol. The molecule has 0 aromatic carbocycles. The third kappa shape index (κ3) is 4.20. The molecule has 4 unspecified atom stereocenters. The maximum Gasteiger partial charge on any atom is 0.323 e. The van der Waals surface area contributed by atoms with E-state index in [2.05, 4.69) is 19.2 Å². The predicted octanol–water partition coefficient (Wildman–Crippen LogP) is 3.28. The summed E-state index contributed by atoms with van der Waals surface area (Å²) in [5, 5.41) is 3.54. The number of fused-ring (bicyclic) bond motifs is 1. The molecule has 0 amide bonds. The zero-order valence-electron chi connectivity index (χ0n) is 12.7. The van der Waals surface area contributed by atoms with Gasteiger partial charge in [0.2, 0.25) is 0 Å². The lowest BCUT2D eigenvalue weighted by atomic mass is 9.78. The van der Waals surface area contributed by atoms with Gasteiger partial charge in [0, 0.05) is 6.04 Å². The molecule has 1 saturated carbocycles. The average molecular weight is 267 g/mol. The highest BCUT2D eigenvalue weighted by molar-refractivity contribution is 5.76. The van der Waals surface area contributed by atoms with Crippen molar-refractivity contribution in [1.29, 1.82) is 0 Å². The molecule has 0 aromatic rings. The third-order valence-corrected chi connectivity index (χ3v) is 4.56. The van der Waals surface area contributed by atoms with Crippen LogP contribution >= 0.6 is 0 Å². The molecule has 0 aromatic heterocycles. The van der Waals surface area contributed by atoms with Gasteiger partial charge in [-0.25, -0.2) is 0 Å². The van der Waals surface area contributed by atoms with E-state index in [1.807, 2.05) is 6.92 Å². The molecule has 0 radical (unpaired) electrons. The second kappa shape index (κ2) is 6.74. The Kier molecular flexibility index (Phi) is 5.26. The van der Waals surface area contributed by atoms with Crippen LogP contribution in [0, 0.1) is 11.8 Å². The molecule has 4 atom stereocenters. The van der Waals surface area contributed by atoms with Gasteiger partial charge in [0.1, 0.15) is 6.04 Å². The van der Waals surface area contributed by atoms with Crippen molar-refractivity contribution in [2.75, 3.05) is 0 Å². The summed E-state index contributed by atoms with van der Waals surface area (Å²) in [6.07, 6.45) is 8.37. The fraction of sp³-hybridized carbons (Fsp3) is 0.938. The summed E-state index contributed by atoms with van der Waals surface area (Å²) >= 11 is 0. The van der Waals surface area contributed by atoms with E-state index in [9.17, 15) is 4.79 Å². The van der Waals surface area contributed by atoms with Gasteiger partial charge >= 0.3 is 5.97 Å². The largest absolute Gasteiger partial charge is 0.462 e. The molecule has 2 rings (SSSR count). The Hall–Kier alpha value is -0.570. The van der Waals surface area contributed by atoms with Crippen LogP contribution < -0.4 is 5.32 Å². The van der Waals surface area contributed by atoms with Crippen LogP contribution in [0.1, 0.15) is 65.7 Å². The van der Waals surface area contributed by atoms with E-state index < -0.39 is 0 Å². The van der Waals surface area contributed by atoms with Gasteiger partial charge < -0.3 is 10.1 Å². The number of ether oxygens (including phenoxy) is 1. The van der Waals surface area contributed by atoms with Crippen LogP contribution in [0.15, 0.2) is 0 Å². The number of nitrogens with one attached hydrogen (secondary N) is 1. The fourth-order valence-electron chi connectivity index (χ4n) is 3.67. The van der Waals surface area contributed by atoms with Crippen LogP contribution in [-0.4, -0.2) is 24.2 Å². The van der Waals surface area contributed by atoms with E-state index in [4.69, 9.17) is 4.74 Å². The summed E-state index contributed by atoms with van der Waals surface area (Å²) in [5.41, 5.74) is 0. The van der Waals surface area contributed by atoms with Gasteiger partial charge in [0.05, 0.1) is 6.10 Å². The summed E-state index contributed by atoms with van der Waals surface area (Å²) in [4.78, 5) is 12.2. The molecular weight excluding hydrogens is 238 g/mol. The number of rotatable bonds is 4. The van der Waals surface area contributed by atoms with Gasteiger partial charge in [-0.1, -0.05) is 26.7 Å². The Balaban J connectivity index is 1.80. The van der Waals surface area contributed by atoms with Gasteiger partial charge in [-0.05, 0) is 50.9 Å². The molecule has 0 bridgehead atoms. The maximum atomic E-state index is 12.2. The predicted molar refractivity (Wildman–Crippen MR) is 76.9 cm³/mol. The zero-order chi connectivity index (χ0) is 13.8. The highest BCUT2D eigenvalue weighted by Crippen LogP contribution is 2.32. The van der Waals surface area contributed by atoms with Crippen molar-refractivity contribution in [1.82, 2.24) is 5.32 Å². The zero-order valence-corrected chi connectivity index (χ0v) is 12.7. The van der Waals surface area contributed by atoms with Crippen LogP contribution in [0.5, 0.6) is 0 Å². The van der Waals surface area contributed by atoms with E-state index in [-0.39, 0.29) is 18.1 Å². The molecule has 1 heterocycles. The number of piperidine rings is 1. The first kappa shape index (κ1) is 14.8. The molecule has 1 N–H and O–H groups in total. The second-order valence-corrected chi connectivity index (χ2v) is 6.82. The molecule has 1 aliphatic carbocycles. The molecule has 1 saturated heterocycles. The Labute approximate surface area is 117 Å². The van der Waals surface area contributed by atoms with Crippen molar-refractivity contribution in [3.05, 3.63) is 0 Å². The SMILES string of the molecule is CC(C)CC(C)OC(=O)C1CCC2CCCCC2N1. The van der Waals surface area contributed by atoms with Gasteiger partial charge in [0.25, 0.3) is 0 Å². The Morgan fingerprint density at radius 1 is 1.16 bits per heavy atom. The summed E-state index contributed by atoms with van der Waals surface area (Å²) in [7, 11) is 0. The average Bonchev–Trinajstić information content (AvgIpc) is 2.37. The van der Waals surface area contributed by atoms with Crippen molar-refractivity contribution in [2.24, 2.45) is 11.8 Å². The minimum atomic E-state index is -0.0611. The highest BCUT2D eigenvalue weighted by Gasteiger charge is 2.35. The number of esters is 1. The van der Waals surface area contributed by atoms with Crippen molar-refractivity contribution in [3.63, 3.8) is 0 Å². The summed E-state index contributed by atoms with van der Waals surface area (Å²) in [6.45, 7) is 6.33. The van der Waals surface area contributed by atoms with Crippen LogP contribution in [-0.2, 0) is 9.53 Å². The summed E-state index contributed by atoms with van der Waals surface area (Å²) < 4.78 is 5.58. The van der Waals surface area contributed by atoms with Crippen molar-refractivity contribution in [3.8, 4) is 0 Å². The first-order chi connectivity index (χ1) is 9.06. The molecular formula is C16H29NO2. The van der Waals surface area contributed by atoms with Crippen LogP contribution in [0.4, 0.5) is 0 Å². The molecule has 2 fully saturated rings. The minimum absolute atomic E-state index is 0.0304. The van der Waals surface area contributed by atoms with Crippen molar-refractivity contribution < 1.29 is 9.53 Å². The number of hydrogen-bond acceptors (Lipinski definition) is 3. The molecule has 110 valence electrons. The van der Waals surface area contributed by atoms with E-state index >= 15 is 0 Å². The van der Waals surface area contributed by atoms with Crippen molar-refractivity contribution in [2.45, 2.75) is 83.9 Å². The van der Waals surface area contributed by atoms with Crippen molar-refractivity contribution >= 4 is 5.97 Å². The molecule has 0 spiro atoms. The lowest BCUT2D eigenvalue weighted by Crippen LogP contribution is -2.52. The minimum Gasteiger partial charge on any atom is -0.462 e. The number of hydrogen-bond donors (Lipinski definition) is 1. The first-order valence-corrected chi connectivity index (χ1v) is 8.02. The van der Waals surface area contributed by atoms with Gasteiger partial charge in [-0.2, -0.15) is 0 Å². The second-order valence-electron chi connectivity index (χ2n) is 6.82. The summed E-state index contributed by atoms with van der Waals surface area (Å²) in [5.74, 6) is 1.34.